The van der Waals surface area contributed by atoms with Crippen LogP contribution < -0.4 is 0 Å². The number of rotatable bonds is 10. The zero-order chi connectivity index (χ0) is 83.6. The van der Waals surface area contributed by atoms with Gasteiger partial charge in [0.1, 0.15) is 0 Å². The van der Waals surface area contributed by atoms with E-state index in [4.69, 9.17) is 0 Å². The van der Waals surface area contributed by atoms with Crippen LogP contribution in [0.25, 0.3) is 237 Å². The molecule has 0 spiro atoms. The fourth-order valence-corrected chi connectivity index (χ4v) is 23.4. The Balaban J connectivity index is 0.000000104. The molecule has 20 aromatic carbocycles. The average molecular weight is 1670 g/mol. The summed E-state index contributed by atoms with van der Waals surface area (Å²) in [7, 11) is 0. The number of hydrogen-bond acceptors (Lipinski definition) is 3. The monoisotopic (exact) mass is 1670 g/mol. The van der Waals surface area contributed by atoms with Crippen LogP contribution in [0.3, 0.4) is 0 Å². The van der Waals surface area contributed by atoms with Gasteiger partial charge in [-0.2, -0.15) is 0 Å². The van der Waals surface area contributed by atoms with Crippen LogP contribution in [0.1, 0.15) is 0 Å². The quantitative estimate of drug-likeness (QED) is 0.130. The van der Waals surface area contributed by atoms with Crippen molar-refractivity contribution >= 4 is 182 Å². The van der Waals surface area contributed by atoms with Gasteiger partial charge >= 0.3 is 0 Å². The maximum Gasteiger partial charge on any atom is 0.0555 e. The molecule has 7 heterocycles. The van der Waals surface area contributed by atoms with Crippen LogP contribution in [0.4, 0.5) is 0 Å². The summed E-state index contributed by atoms with van der Waals surface area (Å²) in [5.41, 5.74) is 29.4. The smallest absolute Gasteiger partial charge is 0.0555 e. The first-order chi connectivity index (χ1) is 63.0. The molecule has 0 amide bonds. The second-order valence-electron chi connectivity index (χ2n) is 32.9. The van der Waals surface area contributed by atoms with Crippen molar-refractivity contribution in [2.75, 3.05) is 0 Å². The Kier molecular flexibility index (Phi) is 17.8. The lowest BCUT2D eigenvalue weighted by Crippen LogP contribution is -1.95. The number of thiophene rings is 3. The summed E-state index contributed by atoms with van der Waals surface area (Å²) in [4.78, 5) is 0. The predicted molar refractivity (Wildman–Crippen MR) is 548 cm³/mol. The van der Waals surface area contributed by atoms with Gasteiger partial charge in [0.15, 0.2) is 0 Å². The Bertz CT molecular complexity index is 8930. The Morgan fingerprint density at radius 1 is 0.126 bits per heavy atom. The van der Waals surface area contributed by atoms with Gasteiger partial charge in [-0.1, -0.05) is 303 Å². The fraction of sp³-hybridized carbons (Fsp3) is 0. The Morgan fingerprint density at radius 3 is 0.724 bits per heavy atom. The van der Waals surface area contributed by atoms with E-state index in [-0.39, 0.29) is 0 Å². The summed E-state index contributed by atoms with van der Waals surface area (Å²) < 4.78 is 17.7. The van der Waals surface area contributed by atoms with E-state index in [1.807, 2.05) is 34.0 Å². The molecule has 0 saturated carbocycles. The number of benzene rings is 20. The first-order valence-electron chi connectivity index (χ1n) is 43.3. The van der Waals surface area contributed by atoms with Gasteiger partial charge < -0.3 is 18.3 Å². The van der Waals surface area contributed by atoms with Gasteiger partial charge in [-0.25, -0.2) is 0 Å². The molecule has 0 unspecified atom stereocenters. The van der Waals surface area contributed by atoms with Crippen molar-refractivity contribution in [1.82, 2.24) is 18.3 Å². The molecule has 7 heteroatoms. The van der Waals surface area contributed by atoms with Gasteiger partial charge in [-0.05, 0) is 224 Å². The zero-order valence-electron chi connectivity index (χ0n) is 68.9. The van der Waals surface area contributed by atoms with E-state index in [1.54, 1.807) is 0 Å². The highest BCUT2D eigenvalue weighted by molar-refractivity contribution is 7.26. The van der Waals surface area contributed by atoms with E-state index in [9.17, 15) is 0 Å². The average Bonchev–Trinajstić information content (AvgIpc) is 1.60. The van der Waals surface area contributed by atoms with Crippen LogP contribution >= 0.6 is 34.0 Å². The third-order valence-electron chi connectivity index (χ3n) is 25.7. The maximum atomic E-state index is 2.46. The predicted octanol–water partition coefficient (Wildman–Crippen LogP) is 34.6. The number of para-hydroxylation sites is 5. The third kappa shape index (κ3) is 12.5. The fourth-order valence-electron chi connectivity index (χ4n) is 20.0. The molecule has 27 aromatic rings. The van der Waals surface area contributed by atoms with Gasteiger partial charge in [-0.15, -0.1) is 34.0 Å². The first-order valence-corrected chi connectivity index (χ1v) is 45.8. The lowest BCUT2D eigenvalue weighted by Gasteiger charge is -2.12. The molecule has 27 rings (SSSR count). The van der Waals surface area contributed by atoms with Crippen molar-refractivity contribution < 1.29 is 0 Å². The summed E-state index contributed by atoms with van der Waals surface area (Å²) in [6.07, 6.45) is 0. The van der Waals surface area contributed by atoms with Crippen molar-refractivity contribution in [1.29, 1.82) is 0 Å². The molecule has 0 fully saturated rings. The van der Waals surface area contributed by atoms with Crippen LogP contribution in [0.5, 0.6) is 0 Å². The highest BCUT2D eigenvalue weighted by Crippen LogP contribution is 2.48. The lowest BCUT2D eigenvalue weighted by molar-refractivity contribution is 1.18. The maximum absolute atomic E-state index is 2.46. The Morgan fingerprint density at radius 2 is 0.354 bits per heavy atom. The third-order valence-corrected chi connectivity index (χ3v) is 29.1. The molecule has 0 aliphatic heterocycles. The van der Waals surface area contributed by atoms with Crippen LogP contribution in [0, 0.1) is 0 Å². The Labute approximate surface area is 744 Å². The highest BCUT2D eigenvalue weighted by Gasteiger charge is 2.24. The summed E-state index contributed by atoms with van der Waals surface area (Å²) >= 11 is 5.61. The molecule has 4 nitrogen and oxygen atoms in total. The summed E-state index contributed by atoms with van der Waals surface area (Å²) in [6.45, 7) is 0. The van der Waals surface area contributed by atoms with Crippen molar-refractivity contribution in [2.45, 2.75) is 0 Å². The summed E-state index contributed by atoms with van der Waals surface area (Å²) in [5, 5.41) is 18.1. The van der Waals surface area contributed by atoms with Gasteiger partial charge in [-0.3, -0.25) is 0 Å². The van der Waals surface area contributed by atoms with Gasteiger partial charge in [0, 0.05) is 109 Å². The van der Waals surface area contributed by atoms with Crippen molar-refractivity contribution in [3.8, 4) is 89.5 Å². The zero-order valence-corrected chi connectivity index (χ0v) is 71.3. The van der Waals surface area contributed by atoms with E-state index >= 15 is 0 Å². The molecule has 127 heavy (non-hydrogen) atoms. The minimum atomic E-state index is 1.17. The normalized spacial score (nSPS) is 11.8. The molecule has 0 atom stereocenters. The lowest BCUT2D eigenvalue weighted by atomic mass is 9.93. The van der Waals surface area contributed by atoms with Gasteiger partial charge in [0.05, 0.1) is 61.2 Å². The highest BCUT2D eigenvalue weighted by atomic mass is 32.1. The van der Waals surface area contributed by atoms with Crippen molar-refractivity contribution in [3.05, 3.63) is 461 Å². The second-order valence-corrected chi connectivity index (χ2v) is 36.1. The number of nitrogens with zero attached hydrogens (tertiary/aromatic N) is 4. The van der Waals surface area contributed by atoms with Crippen LogP contribution in [0.15, 0.2) is 461 Å². The SMILES string of the molecule is c1cc(-c2ccc3c(c2)c2ccccc2n3-c2cccc3sc4ccccc4c23)cc(-n2c3ccccc3c3ccccc32)c1.c1ccc(-c2cc(-c3ccccc3)cc(-c3ccc4c(c3)c3ccccc3n4-c3cccc4sc5ccccc5c34)c2)cc1.c1ccc(-c2cccc(-c3ccc4c(c3)c3ccccc3n4-c3cccc4sc5ccccc5c34)c2)cc1. The molecule has 7 aromatic heterocycles. The number of aromatic nitrogens is 4. The summed E-state index contributed by atoms with van der Waals surface area (Å²) in [5.74, 6) is 0. The molecule has 0 N–H and O–H groups in total. The molecule has 0 radical (unpaired) electrons. The molecule has 594 valence electrons. The standard InChI is InChI=1S/C42H26N2S.C42H27NS.C36H23NS/c1-5-17-35-30(13-1)31-14-2-6-18-36(31)43(35)29-12-9-11-27(25-29)28-23-24-38-34(26-28)32-15-3-7-19-37(32)44(38)39-20-10-22-41-42(39)33-16-4-8-21-40(33)45-41;1-3-12-28(13-4-1)31-24-32(29-14-5-2-6-15-29)26-33(25-31)30-22-23-38-36(27-30)34-16-7-9-18-37(34)43(38)39-19-11-21-41-42(39)35-17-8-10-20-40(35)44-41;1-2-10-24(11-3-1)25-12-8-13-26(22-25)27-20-21-32-30(23-27)28-14-4-6-16-31(28)37(32)33-17-9-19-35-36(33)29-15-5-7-18-34(29)38-35/h1-26H;1-27H;1-23H. The van der Waals surface area contributed by atoms with E-state index in [0.29, 0.717) is 0 Å². The Hall–Kier alpha value is -15.7. The van der Waals surface area contributed by atoms with Gasteiger partial charge in [0.2, 0.25) is 0 Å². The van der Waals surface area contributed by atoms with E-state index in [0.717, 1.165) is 0 Å². The second kappa shape index (κ2) is 30.6. The molecule has 0 bridgehead atoms. The number of fused-ring (bicyclic) bond motifs is 21. The topological polar surface area (TPSA) is 19.7 Å². The largest absolute Gasteiger partial charge is 0.309 e. The minimum Gasteiger partial charge on any atom is -0.309 e. The van der Waals surface area contributed by atoms with E-state index in [1.165, 1.54) is 237 Å². The molecule has 0 aliphatic rings. The minimum absolute atomic E-state index is 1.17. The van der Waals surface area contributed by atoms with Crippen LogP contribution in [-0.4, -0.2) is 18.3 Å². The van der Waals surface area contributed by atoms with Crippen molar-refractivity contribution in [3.63, 3.8) is 0 Å². The van der Waals surface area contributed by atoms with Crippen LogP contribution in [-0.2, 0) is 0 Å². The van der Waals surface area contributed by atoms with Crippen molar-refractivity contribution in [2.24, 2.45) is 0 Å². The first kappa shape index (κ1) is 73.9. The molecule has 0 aliphatic carbocycles. The van der Waals surface area contributed by atoms with Gasteiger partial charge in [0.25, 0.3) is 0 Å². The molecule has 0 saturated heterocycles. The molecular formula is C120H76N4S3. The summed E-state index contributed by atoms with van der Waals surface area (Å²) in [6, 6.07) is 168. The molecular weight excluding hydrogens is 1590 g/mol. The number of hydrogen-bond donors (Lipinski definition) is 0. The van der Waals surface area contributed by atoms with E-state index in [2.05, 4.69) is 479 Å². The van der Waals surface area contributed by atoms with Crippen LogP contribution in [0.2, 0.25) is 0 Å². The van der Waals surface area contributed by atoms with E-state index < -0.39 is 0 Å².